The Hall–Kier alpha value is -5.38. The zero-order chi connectivity index (χ0) is 70.6. The number of rotatable bonds is 38. The minimum Gasteiger partial charge on any atom is -0.490 e. The molecule has 0 saturated heterocycles. The van der Waals surface area contributed by atoms with Crippen molar-refractivity contribution in [2.24, 2.45) is 0 Å². The summed E-state index contributed by atoms with van der Waals surface area (Å²) in [6.45, 7) is 3.88. The van der Waals surface area contributed by atoms with E-state index in [0.29, 0.717) is 37.8 Å². The molecule has 4 rings (SSSR count). The highest BCUT2D eigenvalue weighted by Gasteiger charge is 2.47. The van der Waals surface area contributed by atoms with Crippen LogP contribution in [0, 0.1) is 6.07 Å². The number of nitrogens with one attached hydrogen (secondary N) is 1. The van der Waals surface area contributed by atoms with E-state index in [0.717, 1.165) is 96.3 Å². The number of benzene rings is 4. The van der Waals surface area contributed by atoms with Gasteiger partial charge in [0.05, 0.1) is 40.9 Å². The molecule has 534 valence electrons. The van der Waals surface area contributed by atoms with Gasteiger partial charge >= 0.3 is 56.7 Å². The van der Waals surface area contributed by atoms with Crippen LogP contribution in [0.2, 0.25) is 0 Å². The molecule has 0 aliphatic carbocycles. The first kappa shape index (κ1) is 82.9. The number of halogens is 24. The van der Waals surface area contributed by atoms with Gasteiger partial charge in [-0.25, -0.2) is 0 Å². The van der Waals surface area contributed by atoms with E-state index in [1.165, 1.54) is 51.4 Å². The summed E-state index contributed by atoms with van der Waals surface area (Å²) >= 11 is 0. The Morgan fingerprint density at radius 1 is 0.287 bits per heavy atom. The van der Waals surface area contributed by atoms with E-state index in [4.69, 9.17) is 14.0 Å². The molecule has 1 atom stereocenters. The average molecular weight is 1390 g/mol. The summed E-state index contributed by atoms with van der Waals surface area (Å²) in [4.78, 5) is -0.135. The minimum atomic E-state index is -5.63. The Balaban J connectivity index is 0.00000145. The standard InChI is InChI=1S/C57H76BF18NO3.C8H3F6/c1-3-5-7-9-11-13-15-16-17-18-19-20-21-23-25-27-29-31-33-77(32-30-28-26-24-22-14-12-10-8-6-4-2)51-49(57(74,75)76)40-46(56(71,72)73)41-50(51)80-58(78-47-36-42(52(59,60)61)34-43(37-47)53(62,63)64)79-48-38-44(54(65,66)67)35-45(39-48)55(68,69)70;9-7(10,11)5-2-1-3-6(4-5)8(12,13)14/h34-41H,3-33H2,1-2H3;2-4H/q;-1/p+1. The van der Waals surface area contributed by atoms with Gasteiger partial charge in [-0.3, -0.25) is 4.90 Å². The molecule has 1 unspecified atom stereocenters. The number of hydrogen-bond donors (Lipinski definition) is 1. The van der Waals surface area contributed by atoms with E-state index >= 15 is 13.2 Å². The van der Waals surface area contributed by atoms with E-state index in [1.54, 1.807) is 6.07 Å². The second-order valence-electron chi connectivity index (χ2n) is 23.2. The molecular formula is C65H80BF24NO3. The molecule has 0 amide bonds. The lowest BCUT2D eigenvalue weighted by atomic mass is 10.0. The van der Waals surface area contributed by atoms with E-state index in [1.807, 2.05) is 0 Å². The summed E-state index contributed by atoms with van der Waals surface area (Å²) < 4.78 is 345. The normalized spacial score (nSPS) is 13.2. The van der Waals surface area contributed by atoms with Gasteiger partial charge in [-0.05, 0) is 74.2 Å². The monoisotopic (exact) mass is 1390 g/mol. The molecule has 4 aromatic rings. The van der Waals surface area contributed by atoms with Crippen LogP contribution in [0.5, 0.6) is 17.2 Å². The summed E-state index contributed by atoms with van der Waals surface area (Å²) in [7, 11) is -3.26. The van der Waals surface area contributed by atoms with Gasteiger partial charge in [-0.1, -0.05) is 185 Å². The van der Waals surface area contributed by atoms with Gasteiger partial charge in [0.1, 0.15) is 17.1 Å². The average Bonchev–Trinajstić information content (AvgIpc) is 0.773. The van der Waals surface area contributed by atoms with Gasteiger partial charge in [0.25, 0.3) is 0 Å². The molecule has 0 radical (unpaired) electrons. The van der Waals surface area contributed by atoms with E-state index in [-0.39, 0.29) is 85.4 Å². The topological polar surface area (TPSA) is 32.1 Å². The largest absolute Gasteiger partial charge is 0.864 e. The number of alkyl halides is 24. The summed E-state index contributed by atoms with van der Waals surface area (Å²) in [6, 6.07) is 1.31. The van der Waals surface area contributed by atoms with Crippen molar-refractivity contribution in [3.05, 3.63) is 117 Å². The first-order valence-electron chi connectivity index (χ1n) is 31.6. The predicted molar refractivity (Wildman–Crippen MR) is 308 cm³/mol. The molecule has 1 N–H and O–H groups in total. The SMILES string of the molecule is CCCCCCCCCCCCCCCCCCCC[NH+](CCCCCCCCCCCCC)c1c(OB(Oc2cc(C(F)(F)F)cc(C(F)(F)F)c2)Oc2cc(C(F)(F)F)cc(C(F)(F)F)c2)cc(C(F)(F)F)cc1C(F)(F)F.FC(F)(F)c1c[c-]cc(C(F)(F)F)c1. The van der Waals surface area contributed by atoms with Crippen molar-refractivity contribution in [1.82, 2.24) is 0 Å². The third-order valence-electron chi connectivity index (χ3n) is 15.3. The Morgan fingerprint density at radius 2 is 0.532 bits per heavy atom. The Morgan fingerprint density at radius 3 is 0.787 bits per heavy atom. The smallest absolute Gasteiger partial charge is 0.490 e. The fourth-order valence-corrected chi connectivity index (χ4v) is 10.3. The zero-order valence-corrected chi connectivity index (χ0v) is 52.1. The lowest BCUT2D eigenvalue weighted by Gasteiger charge is -2.27. The molecule has 0 spiro atoms. The number of unbranched alkanes of at least 4 members (excludes halogenated alkanes) is 27. The predicted octanol–water partition coefficient (Wildman–Crippen LogP) is 24.7. The van der Waals surface area contributed by atoms with E-state index < -0.39 is 124 Å². The highest BCUT2D eigenvalue weighted by Crippen LogP contribution is 2.46. The van der Waals surface area contributed by atoms with Crippen molar-refractivity contribution in [1.29, 1.82) is 0 Å². The van der Waals surface area contributed by atoms with E-state index in [9.17, 15) is 92.2 Å². The first-order valence-corrected chi connectivity index (χ1v) is 31.6. The molecule has 0 bridgehead atoms. The summed E-state index contributed by atoms with van der Waals surface area (Å²) in [6.07, 6.45) is -15.8. The molecule has 0 saturated carbocycles. The lowest BCUT2D eigenvalue weighted by Crippen LogP contribution is -3.07. The molecule has 4 aromatic carbocycles. The highest BCUT2D eigenvalue weighted by molar-refractivity contribution is 6.39. The molecule has 0 aliphatic heterocycles. The summed E-state index contributed by atoms with van der Waals surface area (Å²) in [5.41, 5.74) is -16.1. The first-order chi connectivity index (χ1) is 43.7. The maximum absolute atomic E-state index is 15.3. The summed E-state index contributed by atoms with van der Waals surface area (Å²) in [5, 5.41) is 0. The Bertz CT molecular complexity index is 2610. The van der Waals surface area contributed by atoms with Crippen LogP contribution in [0.1, 0.15) is 245 Å². The van der Waals surface area contributed by atoms with E-state index in [2.05, 4.69) is 13.8 Å². The van der Waals surface area contributed by atoms with Crippen molar-refractivity contribution in [2.45, 2.75) is 249 Å². The van der Waals surface area contributed by atoms with Crippen LogP contribution in [0.4, 0.5) is 111 Å². The molecule has 0 heterocycles. The summed E-state index contributed by atoms with van der Waals surface area (Å²) in [5.74, 6) is -4.56. The molecule has 0 fully saturated rings. The van der Waals surface area contributed by atoms with Gasteiger partial charge in [0.2, 0.25) is 0 Å². The molecule has 0 aliphatic rings. The third kappa shape index (κ3) is 31.7. The molecule has 94 heavy (non-hydrogen) atoms. The minimum absolute atomic E-state index is 0.0148. The van der Waals surface area contributed by atoms with Crippen molar-refractivity contribution in [3.8, 4) is 17.2 Å². The number of hydrogen-bond acceptors (Lipinski definition) is 3. The number of quaternary nitrogens is 1. The van der Waals surface area contributed by atoms with Crippen molar-refractivity contribution >= 4 is 13.0 Å². The van der Waals surface area contributed by atoms with Gasteiger partial charge in [-0.15, -0.1) is 6.07 Å². The van der Waals surface area contributed by atoms with Crippen LogP contribution in [-0.2, 0) is 49.4 Å². The van der Waals surface area contributed by atoms with Crippen LogP contribution in [0.25, 0.3) is 0 Å². The zero-order valence-electron chi connectivity index (χ0n) is 52.1. The molecule has 0 aromatic heterocycles. The van der Waals surface area contributed by atoms with Crippen molar-refractivity contribution < 1.29 is 124 Å². The van der Waals surface area contributed by atoms with Gasteiger partial charge in [0.15, 0.2) is 11.4 Å². The molecule has 29 heteroatoms. The Kier molecular flexibility index (Phi) is 34.0. The second-order valence-corrected chi connectivity index (χ2v) is 23.2. The maximum atomic E-state index is 15.3. The van der Waals surface area contributed by atoms with Gasteiger partial charge < -0.3 is 14.0 Å². The molecular weight excluding hydrogens is 1310 g/mol. The van der Waals surface area contributed by atoms with Crippen LogP contribution in [0.3, 0.4) is 0 Å². The highest BCUT2D eigenvalue weighted by atomic mass is 19.4. The Labute approximate surface area is 533 Å². The van der Waals surface area contributed by atoms with Crippen LogP contribution in [-0.4, -0.2) is 20.4 Å². The fourth-order valence-electron chi connectivity index (χ4n) is 10.3. The fraction of sp³-hybridized carbons (Fsp3) is 0.631. The van der Waals surface area contributed by atoms with Crippen LogP contribution >= 0.6 is 0 Å². The van der Waals surface area contributed by atoms with Crippen LogP contribution < -0.4 is 18.9 Å². The third-order valence-corrected chi connectivity index (χ3v) is 15.3. The molecule has 4 nitrogen and oxygen atoms in total. The van der Waals surface area contributed by atoms with Crippen LogP contribution in [0.15, 0.2) is 66.7 Å². The van der Waals surface area contributed by atoms with Crippen molar-refractivity contribution in [3.63, 3.8) is 0 Å². The quantitative estimate of drug-likeness (QED) is 0.0210. The maximum Gasteiger partial charge on any atom is 0.864 e. The van der Waals surface area contributed by atoms with Gasteiger partial charge in [0, 0.05) is 0 Å². The van der Waals surface area contributed by atoms with Gasteiger partial charge in [-0.2, -0.15) is 124 Å². The second kappa shape index (κ2) is 38.5. The van der Waals surface area contributed by atoms with Crippen molar-refractivity contribution in [2.75, 3.05) is 13.1 Å². The lowest BCUT2D eigenvalue weighted by molar-refractivity contribution is -0.834.